The van der Waals surface area contributed by atoms with Crippen LogP contribution in [0.5, 0.6) is 0 Å². The van der Waals surface area contributed by atoms with Crippen molar-refractivity contribution < 1.29 is 0 Å². The van der Waals surface area contributed by atoms with Crippen LogP contribution < -0.4 is 5.32 Å². The highest BCUT2D eigenvalue weighted by molar-refractivity contribution is 4.78. The molecule has 1 unspecified atom stereocenters. The Labute approximate surface area is 122 Å². The third kappa shape index (κ3) is 7.94. The number of rotatable bonds is 11. The summed E-state index contributed by atoms with van der Waals surface area (Å²) >= 11 is 0. The average molecular weight is 271 g/mol. The van der Waals surface area contributed by atoms with Crippen LogP contribution in [0.25, 0.3) is 0 Å². The van der Waals surface area contributed by atoms with Crippen molar-refractivity contribution in [3.8, 4) is 0 Å². The summed E-state index contributed by atoms with van der Waals surface area (Å²) in [5.41, 5.74) is 0. The number of likely N-dealkylation sites (N-methyl/N-ethyl adjacent to an activating group) is 1. The van der Waals surface area contributed by atoms with Crippen LogP contribution in [0.2, 0.25) is 0 Å². The predicted octanol–water partition coefficient (Wildman–Crippen LogP) is 4.01. The summed E-state index contributed by atoms with van der Waals surface area (Å²) in [4.78, 5) is 2.69. The third-order valence-electron chi connectivity index (χ3n) is 4.20. The van der Waals surface area contributed by atoms with Crippen LogP contribution >= 0.6 is 0 Å². The molecule has 116 valence electrons. The Morgan fingerprint density at radius 1 is 0.895 bits per heavy atom. The average Bonchev–Trinajstić information content (AvgIpc) is 2.36. The highest BCUT2D eigenvalue weighted by atomic mass is 15.2. The van der Waals surface area contributed by atoms with Gasteiger partial charge in [0.1, 0.15) is 0 Å². The second-order valence-electron chi connectivity index (χ2n) is 6.63. The summed E-state index contributed by atoms with van der Waals surface area (Å²) in [5, 5.41) is 3.65. The molecule has 2 heteroatoms. The van der Waals surface area contributed by atoms with Crippen LogP contribution in [0, 0.1) is 17.8 Å². The van der Waals surface area contributed by atoms with Crippen LogP contribution in [-0.4, -0.2) is 37.1 Å². The molecule has 0 aromatic heterocycles. The van der Waals surface area contributed by atoms with Gasteiger partial charge in [-0.2, -0.15) is 0 Å². The Morgan fingerprint density at radius 3 is 1.84 bits per heavy atom. The van der Waals surface area contributed by atoms with Gasteiger partial charge in [-0.15, -0.1) is 0 Å². The van der Waals surface area contributed by atoms with E-state index >= 15 is 0 Å². The molecule has 1 N–H and O–H groups in total. The minimum absolute atomic E-state index is 0.671. The number of hydrogen-bond donors (Lipinski definition) is 1. The fraction of sp³-hybridized carbons (Fsp3) is 1.00. The molecule has 0 aliphatic heterocycles. The van der Waals surface area contributed by atoms with Crippen LogP contribution in [0.3, 0.4) is 0 Å². The number of nitrogens with one attached hydrogen (secondary N) is 1. The first-order valence-corrected chi connectivity index (χ1v) is 8.40. The van der Waals surface area contributed by atoms with E-state index in [4.69, 9.17) is 0 Å². The lowest BCUT2D eigenvalue weighted by molar-refractivity contribution is 0.132. The Kier molecular flexibility index (Phi) is 10.6. The summed E-state index contributed by atoms with van der Waals surface area (Å²) in [6.45, 7) is 20.9. The van der Waals surface area contributed by atoms with Crippen LogP contribution in [0.15, 0.2) is 0 Å². The molecule has 0 bridgehead atoms. The van der Waals surface area contributed by atoms with Gasteiger partial charge in [0, 0.05) is 19.1 Å². The lowest BCUT2D eigenvalue weighted by Crippen LogP contribution is -2.47. The molecular formula is C17H38N2. The van der Waals surface area contributed by atoms with E-state index in [1.165, 1.54) is 25.9 Å². The fourth-order valence-corrected chi connectivity index (χ4v) is 2.68. The molecule has 2 nitrogen and oxygen atoms in total. The maximum Gasteiger partial charge on any atom is 0.0243 e. The van der Waals surface area contributed by atoms with Gasteiger partial charge in [-0.1, -0.05) is 61.3 Å². The van der Waals surface area contributed by atoms with Crippen LogP contribution in [0.1, 0.15) is 61.3 Å². The molecule has 1 atom stereocenters. The summed E-state index contributed by atoms with van der Waals surface area (Å²) in [7, 11) is 0. The molecular weight excluding hydrogens is 232 g/mol. The topological polar surface area (TPSA) is 15.3 Å². The highest BCUT2D eigenvalue weighted by Gasteiger charge is 2.22. The quantitative estimate of drug-likeness (QED) is 0.610. The van der Waals surface area contributed by atoms with Gasteiger partial charge in [-0.3, -0.25) is 4.90 Å². The first kappa shape index (κ1) is 18.9. The van der Waals surface area contributed by atoms with Gasteiger partial charge in [0.25, 0.3) is 0 Å². The van der Waals surface area contributed by atoms with Crippen molar-refractivity contribution in [2.45, 2.75) is 67.3 Å². The second kappa shape index (κ2) is 10.7. The lowest BCUT2D eigenvalue weighted by atomic mass is 9.97. The van der Waals surface area contributed by atoms with E-state index in [9.17, 15) is 0 Å². The SMILES string of the molecule is CCC(CC)CN(CC)C(CNCC(C)C)C(C)C. The maximum atomic E-state index is 3.65. The van der Waals surface area contributed by atoms with Crippen LogP contribution in [-0.2, 0) is 0 Å². The highest BCUT2D eigenvalue weighted by Crippen LogP contribution is 2.16. The van der Waals surface area contributed by atoms with Gasteiger partial charge in [0.2, 0.25) is 0 Å². The van der Waals surface area contributed by atoms with E-state index < -0.39 is 0 Å². The molecule has 0 aromatic carbocycles. The monoisotopic (exact) mass is 270 g/mol. The van der Waals surface area contributed by atoms with Gasteiger partial charge in [-0.05, 0) is 30.8 Å². The maximum absolute atomic E-state index is 3.65. The molecule has 0 saturated heterocycles. The number of nitrogens with zero attached hydrogens (tertiary/aromatic N) is 1. The molecule has 0 spiro atoms. The molecule has 0 aliphatic rings. The molecule has 0 rings (SSSR count). The standard InChI is InChI=1S/C17H38N2/c1-8-16(9-2)13-19(10-3)17(15(6)7)12-18-11-14(4)5/h14-18H,8-13H2,1-7H3. The van der Waals surface area contributed by atoms with E-state index in [1.54, 1.807) is 0 Å². The predicted molar refractivity (Wildman–Crippen MR) is 87.7 cm³/mol. The smallest absolute Gasteiger partial charge is 0.0243 e. The molecule has 0 radical (unpaired) electrons. The largest absolute Gasteiger partial charge is 0.315 e. The lowest BCUT2D eigenvalue weighted by Gasteiger charge is -2.36. The van der Waals surface area contributed by atoms with E-state index in [2.05, 4.69) is 58.7 Å². The summed E-state index contributed by atoms with van der Waals surface area (Å²) < 4.78 is 0. The molecule has 0 saturated carbocycles. The number of hydrogen-bond acceptors (Lipinski definition) is 2. The van der Waals surface area contributed by atoms with Gasteiger partial charge < -0.3 is 5.32 Å². The van der Waals surface area contributed by atoms with Gasteiger partial charge in [-0.25, -0.2) is 0 Å². The van der Waals surface area contributed by atoms with Crippen molar-refractivity contribution in [1.82, 2.24) is 10.2 Å². The molecule has 0 amide bonds. The molecule has 0 fully saturated rings. The zero-order valence-electron chi connectivity index (χ0n) is 14.5. The zero-order valence-corrected chi connectivity index (χ0v) is 14.5. The first-order valence-electron chi connectivity index (χ1n) is 8.40. The van der Waals surface area contributed by atoms with Crippen molar-refractivity contribution in [2.24, 2.45) is 17.8 Å². The van der Waals surface area contributed by atoms with Crippen molar-refractivity contribution in [3.05, 3.63) is 0 Å². The van der Waals surface area contributed by atoms with Gasteiger partial charge in [0.15, 0.2) is 0 Å². The Morgan fingerprint density at radius 2 is 1.47 bits per heavy atom. The van der Waals surface area contributed by atoms with E-state index in [-0.39, 0.29) is 0 Å². The van der Waals surface area contributed by atoms with Gasteiger partial charge in [0.05, 0.1) is 0 Å². The van der Waals surface area contributed by atoms with Crippen molar-refractivity contribution in [3.63, 3.8) is 0 Å². The minimum Gasteiger partial charge on any atom is -0.315 e. The summed E-state index contributed by atoms with van der Waals surface area (Å²) in [5.74, 6) is 2.31. The fourth-order valence-electron chi connectivity index (χ4n) is 2.68. The van der Waals surface area contributed by atoms with Crippen molar-refractivity contribution >= 4 is 0 Å². The first-order chi connectivity index (χ1) is 8.96. The Bertz CT molecular complexity index is 197. The van der Waals surface area contributed by atoms with Crippen LogP contribution in [0.4, 0.5) is 0 Å². The van der Waals surface area contributed by atoms with E-state index in [1.807, 2.05) is 0 Å². The summed E-state index contributed by atoms with van der Waals surface area (Å²) in [6.07, 6.45) is 2.61. The Hall–Kier alpha value is -0.0800. The molecule has 0 aromatic rings. The second-order valence-corrected chi connectivity index (χ2v) is 6.63. The zero-order chi connectivity index (χ0) is 14.8. The molecule has 19 heavy (non-hydrogen) atoms. The van der Waals surface area contributed by atoms with E-state index in [0.29, 0.717) is 12.0 Å². The van der Waals surface area contributed by atoms with Gasteiger partial charge >= 0.3 is 0 Å². The van der Waals surface area contributed by atoms with E-state index in [0.717, 1.165) is 24.9 Å². The van der Waals surface area contributed by atoms with Crippen molar-refractivity contribution in [1.29, 1.82) is 0 Å². The normalized spacial score (nSPS) is 14.1. The van der Waals surface area contributed by atoms with Crippen molar-refractivity contribution in [2.75, 3.05) is 26.2 Å². The Balaban J connectivity index is 4.44. The molecule has 0 heterocycles. The third-order valence-corrected chi connectivity index (χ3v) is 4.20. The minimum atomic E-state index is 0.671. The molecule has 0 aliphatic carbocycles. The summed E-state index contributed by atoms with van der Waals surface area (Å²) in [6, 6.07) is 0.671.